The molecule has 4 nitrogen and oxygen atoms in total. The van der Waals surface area contributed by atoms with E-state index in [2.05, 4.69) is 11.4 Å². The second-order valence-electron chi connectivity index (χ2n) is 6.46. The number of halogens is 2. The van der Waals surface area contributed by atoms with Crippen LogP contribution in [0.5, 0.6) is 0 Å². The van der Waals surface area contributed by atoms with Gasteiger partial charge < -0.3 is 15.1 Å². The zero-order valence-electron chi connectivity index (χ0n) is 14.0. The van der Waals surface area contributed by atoms with Crippen LogP contribution in [-0.4, -0.2) is 38.6 Å². The van der Waals surface area contributed by atoms with Gasteiger partial charge in [-0.25, -0.2) is 0 Å². The van der Waals surface area contributed by atoms with Crippen molar-refractivity contribution in [2.45, 2.75) is 13.1 Å². The predicted octanol–water partition coefficient (Wildman–Crippen LogP) is 0.655. The fourth-order valence-corrected chi connectivity index (χ4v) is 4.38. The van der Waals surface area contributed by atoms with Gasteiger partial charge in [-0.2, -0.15) is 0 Å². The van der Waals surface area contributed by atoms with E-state index in [4.69, 9.17) is 23.2 Å². The molecule has 1 amide bonds. The molecule has 1 aromatic carbocycles. The number of quaternary nitrogens is 2. The summed E-state index contributed by atoms with van der Waals surface area (Å²) in [6, 6.07) is 11.6. The van der Waals surface area contributed by atoms with Gasteiger partial charge in [0.1, 0.15) is 32.7 Å². The van der Waals surface area contributed by atoms with Crippen molar-refractivity contribution in [3.05, 3.63) is 56.2 Å². The van der Waals surface area contributed by atoms with Crippen LogP contribution in [0.15, 0.2) is 36.4 Å². The number of piperazine rings is 1. The van der Waals surface area contributed by atoms with Crippen LogP contribution in [0, 0.1) is 0 Å². The summed E-state index contributed by atoms with van der Waals surface area (Å²) in [6.07, 6.45) is 0. The number of nitrogens with one attached hydrogen (secondary N) is 3. The Labute approximate surface area is 162 Å². The summed E-state index contributed by atoms with van der Waals surface area (Å²) in [5, 5.41) is 3.71. The Morgan fingerprint density at radius 2 is 1.68 bits per heavy atom. The van der Waals surface area contributed by atoms with Crippen LogP contribution in [-0.2, 0) is 17.9 Å². The number of benzene rings is 1. The van der Waals surface area contributed by atoms with Crippen molar-refractivity contribution in [1.29, 1.82) is 0 Å². The topological polar surface area (TPSA) is 38.0 Å². The summed E-state index contributed by atoms with van der Waals surface area (Å²) in [6.45, 7) is 6.38. The minimum Gasteiger partial charge on any atom is -0.347 e. The highest BCUT2D eigenvalue weighted by atomic mass is 35.5. The summed E-state index contributed by atoms with van der Waals surface area (Å²) >= 11 is 13.5. The van der Waals surface area contributed by atoms with E-state index < -0.39 is 0 Å². The molecule has 7 heteroatoms. The molecule has 3 rings (SSSR count). The van der Waals surface area contributed by atoms with E-state index in [-0.39, 0.29) is 5.91 Å². The van der Waals surface area contributed by atoms with Crippen molar-refractivity contribution in [2.24, 2.45) is 0 Å². The predicted molar refractivity (Wildman–Crippen MR) is 103 cm³/mol. The smallest absolute Gasteiger partial charge is 0.275 e. The van der Waals surface area contributed by atoms with Crippen molar-refractivity contribution in [3.63, 3.8) is 0 Å². The van der Waals surface area contributed by atoms with Crippen molar-refractivity contribution < 1.29 is 14.6 Å². The molecule has 0 bridgehead atoms. The van der Waals surface area contributed by atoms with E-state index in [1.807, 2.05) is 30.3 Å². The maximum Gasteiger partial charge on any atom is 0.275 e. The Morgan fingerprint density at radius 3 is 2.32 bits per heavy atom. The lowest BCUT2D eigenvalue weighted by molar-refractivity contribution is -1.01. The summed E-state index contributed by atoms with van der Waals surface area (Å²) in [5.41, 5.74) is 1.07. The molecule has 0 atom stereocenters. The Morgan fingerprint density at radius 1 is 1.00 bits per heavy atom. The fourth-order valence-electron chi connectivity index (χ4n) is 3.10. The van der Waals surface area contributed by atoms with Gasteiger partial charge in [0.15, 0.2) is 6.54 Å². The molecular weight excluding hydrogens is 377 g/mol. The first-order valence-corrected chi connectivity index (χ1v) is 10.1. The maximum absolute atomic E-state index is 12.1. The van der Waals surface area contributed by atoms with Gasteiger partial charge >= 0.3 is 0 Å². The molecule has 1 aliphatic heterocycles. The Hall–Kier alpha value is -1.11. The van der Waals surface area contributed by atoms with Gasteiger partial charge in [-0.15, -0.1) is 11.3 Å². The standard InChI is InChI=1S/C18H21Cl2N3OS/c19-15-3-1-14(2-4-15)11-21-18(24)13-23-9-7-22(8-10-23)12-16-5-6-17(20)25-16/h1-6H,7-13H2,(H,21,24)/p+2. The molecule has 0 aliphatic carbocycles. The Balaban J connectivity index is 1.36. The Kier molecular flexibility index (Phi) is 6.73. The van der Waals surface area contributed by atoms with Crippen molar-refractivity contribution >= 4 is 40.4 Å². The summed E-state index contributed by atoms with van der Waals surface area (Å²) in [4.78, 5) is 16.4. The van der Waals surface area contributed by atoms with Crippen LogP contribution in [0.4, 0.5) is 0 Å². The van der Waals surface area contributed by atoms with E-state index in [0.717, 1.165) is 42.6 Å². The highest BCUT2D eigenvalue weighted by Crippen LogP contribution is 2.20. The number of hydrogen-bond donors (Lipinski definition) is 3. The lowest BCUT2D eigenvalue weighted by Gasteiger charge is -2.29. The van der Waals surface area contributed by atoms with Crippen LogP contribution < -0.4 is 15.1 Å². The SMILES string of the molecule is O=C(C[NH+]1CC[NH+](Cc2ccc(Cl)s2)CC1)NCc1ccc(Cl)cc1. The van der Waals surface area contributed by atoms with Crippen LogP contribution in [0.2, 0.25) is 9.36 Å². The lowest BCUT2D eigenvalue weighted by Crippen LogP contribution is -3.28. The summed E-state index contributed by atoms with van der Waals surface area (Å²) in [7, 11) is 0. The first-order valence-electron chi connectivity index (χ1n) is 8.51. The molecule has 0 radical (unpaired) electrons. The zero-order valence-corrected chi connectivity index (χ0v) is 16.3. The van der Waals surface area contributed by atoms with Gasteiger partial charge in [0.25, 0.3) is 5.91 Å². The fraction of sp³-hybridized carbons (Fsp3) is 0.389. The highest BCUT2D eigenvalue weighted by Gasteiger charge is 2.25. The number of carbonyl (C=O) groups is 1. The molecule has 1 fully saturated rings. The summed E-state index contributed by atoms with van der Waals surface area (Å²) in [5.74, 6) is 0.110. The molecule has 1 aliphatic rings. The molecular formula is C18H23Cl2N3OS+2. The average molecular weight is 400 g/mol. The maximum atomic E-state index is 12.1. The van der Waals surface area contributed by atoms with Crippen molar-refractivity contribution in [2.75, 3.05) is 32.7 Å². The third-order valence-corrected chi connectivity index (χ3v) is 6.01. The first-order chi connectivity index (χ1) is 12.1. The molecule has 1 aromatic heterocycles. The molecule has 3 N–H and O–H groups in total. The molecule has 25 heavy (non-hydrogen) atoms. The molecule has 0 spiro atoms. The van der Waals surface area contributed by atoms with Gasteiger partial charge in [0.2, 0.25) is 0 Å². The number of amides is 1. The minimum absolute atomic E-state index is 0.110. The van der Waals surface area contributed by atoms with Crippen molar-refractivity contribution in [1.82, 2.24) is 5.32 Å². The van der Waals surface area contributed by atoms with Crippen LogP contribution in [0.3, 0.4) is 0 Å². The Bertz CT molecular complexity index is 697. The number of rotatable bonds is 6. The second kappa shape index (κ2) is 9.01. The molecule has 0 unspecified atom stereocenters. The van der Waals surface area contributed by atoms with E-state index in [9.17, 15) is 4.79 Å². The first kappa shape index (κ1) is 18.7. The second-order valence-corrected chi connectivity index (χ2v) is 8.70. The highest BCUT2D eigenvalue weighted by molar-refractivity contribution is 7.16. The molecule has 134 valence electrons. The normalized spacial score (nSPS) is 20.4. The van der Waals surface area contributed by atoms with E-state index in [0.29, 0.717) is 18.1 Å². The zero-order chi connectivity index (χ0) is 17.6. The number of hydrogen-bond acceptors (Lipinski definition) is 2. The number of carbonyl (C=O) groups excluding carboxylic acids is 1. The van der Waals surface area contributed by atoms with E-state index in [1.165, 1.54) is 9.78 Å². The van der Waals surface area contributed by atoms with Crippen LogP contribution in [0.25, 0.3) is 0 Å². The van der Waals surface area contributed by atoms with E-state index in [1.54, 1.807) is 16.2 Å². The van der Waals surface area contributed by atoms with Gasteiger partial charge in [-0.05, 0) is 29.8 Å². The van der Waals surface area contributed by atoms with Gasteiger partial charge in [0, 0.05) is 11.6 Å². The average Bonchev–Trinajstić information content (AvgIpc) is 3.01. The monoisotopic (exact) mass is 399 g/mol. The van der Waals surface area contributed by atoms with Crippen LogP contribution in [0.1, 0.15) is 10.4 Å². The largest absolute Gasteiger partial charge is 0.347 e. The third kappa shape index (κ3) is 5.97. The molecule has 2 heterocycles. The van der Waals surface area contributed by atoms with Crippen LogP contribution >= 0.6 is 34.5 Å². The molecule has 0 saturated carbocycles. The molecule has 2 aromatic rings. The van der Waals surface area contributed by atoms with Gasteiger partial charge in [-0.1, -0.05) is 35.3 Å². The van der Waals surface area contributed by atoms with Gasteiger partial charge in [0.05, 0.1) is 9.21 Å². The van der Waals surface area contributed by atoms with E-state index >= 15 is 0 Å². The van der Waals surface area contributed by atoms with Crippen molar-refractivity contribution in [3.8, 4) is 0 Å². The summed E-state index contributed by atoms with van der Waals surface area (Å²) < 4.78 is 0.857. The quantitative estimate of drug-likeness (QED) is 0.655. The molecule has 1 saturated heterocycles. The lowest BCUT2D eigenvalue weighted by atomic mass is 10.2. The number of thiophene rings is 1. The third-order valence-electron chi connectivity index (χ3n) is 4.53. The van der Waals surface area contributed by atoms with Gasteiger partial charge in [-0.3, -0.25) is 4.79 Å². The minimum atomic E-state index is 0.110.